The molecule has 0 aromatic rings. The molecule has 1 heterocycles. The molecular weight excluding hydrogens is 114 g/mol. The zero-order valence-corrected chi connectivity index (χ0v) is 5.82. The van der Waals surface area contributed by atoms with Gasteiger partial charge in [0.25, 0.3) is 0 Å². The van der Waals surface area contributed by atoms with Gasteiger partial charge in [0.1, 0.15) is 0 Å². The second-order valence-electron chi connectivity index (χ2n) is 3.12. The van der Waals surface area contributed by atoms with E-state index in [9.17, 15) is 4.79 Å². The normalized spacial score (nSPS) is 24.2. The number of hydrogen-bond acceptors (Lipinski definition) is 1. The van der Waals surface area contributed by atoms with Crippen molar-refractivity contribution in [3.8, 4) is 0 Å². The van der Waals surface area contributed by atoms with Crippen LogP contribution in [0.3, 0.4) is 0 Å². The Morgan fingerprint density at radius 1 is 1.78 bits per heavy atom. The third kappa shape index (κ3) is 1.12. The summed E-state index contributed by atoms with van der Waals surface area (Å²) in [5, 5.41) is 2.80. The van der Waals surface area contributed by atoms with Gasteiger partial charge in [-0.1, -0.05) is 6.58 Å². The van der Waals surface area contributed by atoms with Crippen LogP contribution in [0.15, 0.2) is 12.2 Å². The van der Waals surface area contributed by atoms with E-state index in [4.69, 9.17) is 0 Å². The molecule has 1 aliphatic rings. The summed E-state index contributed by atoms with van der Waals surface area (Å²) < 4.78 is 0. The largest absolute Gasteiger partial charge is 0.347 e. The lowest BCUT2D eigenvalue weighted by molar-refractivity contribution is -0.116. The second-order valence-corrected chi connectivity index (χ2v) is 3.12. The first-order chi connectivity index (χ1) is 4.01. The average molecular weight is 127 g/mol. The van der Waals surface area contributed by atoms with Crippen molar-refractivity contribution in [2.45, 2.75) is 25.8 Å². The van der Waals surface area contributed by atoms with E-state index in [1.807, 2.05) is 13.8 Å². The van der Waals surface area contributed by atoms with Gasteiger partial charge < -0.3 is 5.32 Å². The third-order valence-electron chi connectivity index (χ3n) is 1.43. The van der Waals surface area contributed by atoms with E-state index in [0.29, 0.717) is 5.57 Å². The Morgan fingerprint density at radius 2 is 2.33 bits per heavy atom. The maximum absolute atomic E-state index is 10.8. The number of nitrogens with one attached hydrogen (secondary N) is 1. The molecule has 1 saturated heterocycles. The van der Waals surface area contributed by atoms with Gasteiger partial charge in [0.2, 0.25) is 5.91 Å². The van der Waals surface area contributed by atoms with Gasteiger partial charge in [0, 0.05) is 12.5 Å². The van der Waals surface area contributed by atoms with Crippen LogP contribution in [0.5, 0.6) is 0 Å². The molecule has 0 atom stereocenters. The van der Waals surface area contributed by atoms with Crippen molar-refractivity contribution < 1.29 is 6.22 Å². The Balaban J connectivity index is 0.000000810. The van der Waals surface area contributed by atoms with Crippen molar-refractivity contribution in [2.75, 3.05) is 0 Å². The average Bonchev–Trinajstić information content (AvgIpc) is 1.79. The van der Waals surface area contributed by atoms with E-state index < -0.39 is 0 Å². The molecule has 2 heteroatoms. The number of carbonyl (C=O) groups is 1. The van der Waals surface area contributed by atoms with Crippen molar-refractivity contribution in [1.82, 2.24) is 5.32 Å². The van der Waals surface area contributed by atoms with Crippen LogP contribution in [0.25, 0.3) is 0 Å². The maximum atomic E-state index is 10.8. The molecule has 0 aromatic carbocycles. The topological polar surface area (TPSA) is 29.1 Å². The summed E-state index contributed by atoms with van der Waals surface area (Å²) in [6.07, 6.45) is 0.770. The van der Waals surface area contributed by atoms with Gasteiger partial charge in [-0.2, -0.15) is 0 Å². The van der Waals surface area contributed by atoms with Crippen LogP contribution in [0, 0.1) is 0 Å². The van der Waals surface area contributed by atoms with Crippen LogP contribution in [0.1, 0.15) is 21.7 Å². The first-order valence-corrected chi connectivity index (χ1v) is 3.01. The Morgan fingerprint density at radius 3 is 2.44 bits per heavy atom. The van der Waals surface area contributed by atoms with E-state index in [2.05, 4.69) is 11.9 Å². The fraction of sp³-hybridized carbons (Fsp3) is 0.571. The first kappa shape index (κ1) is 6.33. The molecule has 52 valence electrons. The first-order valence-electron chi connectivity index (χ1n) is 3.01. The summed E-state index contributed by atoms with van der Waals surface area (Å²) in [5.74, 6) is 0.000000000000000222. The summed E-state index contributed by atoms with van der Waals surface area (Å²) in [7, 11) is 0. The smallest absolute Gasteiger partial charge is 0.247 e. The molecule has 1 amide bonds. The van der Waals surface area contributed by atoms with Gasteiger partial charge in [-0.05, 0) is 20.3 Å². The SMILES string of the molecule is C=C1CC(C)(C)NC1=O.[HH]. The van der Waals surface area contributed by atoms with E-state index in [0.717, 1.165) is 6.42 Å². The van der Waals surface area contributed by atoms with Gasteiger partial charge >= 0.3 is 0 Å². The van der Waals surface area contributed by atoms with Gasteiger partial charge in [0.05, 0.1) is 0 Å². The van der Waals surface area contributed by atoms with E-state index in [-0.39, 0.29) is 12.9 Å². The summed E-state index contributed by atoms with van der Waals surface area (Å²) in [4.78, 5) is 10.8. The molecule has 0 aliphatic carbocycles. The van der Waals surface area contributed by atoms with Crippen LogP contribution in [-0.2, 0) is 4.79 Å². The molecule has 1 rings (SSSR count). The van der Waals surface area contributed by atoms with Crippen LogP contribution in [0.4, 0.5) is 0 Å². The molecule has 1 fully saturated rings. The molecule has 1 N–H and O–H groups in total. The lowest BCUT2D eigenvalue weighted by atomic mass is 10.0. The minimum Gasteiger partial charge on any atom is -0.347 e. The Kier molecular flexibility index (Phi) is 1.12. The Labute approximate surface area is 56.4 Å². The molecule has 0 unspecified atom stereocenters. The number of rotatable bonds is 0. The van der Waals surface area contributed by atoms with Gasteiger partial charge in [-0.15, -0.1) is 0 Å². The van der Waals surface area contributed by atoms with Crippen molar-refractivity contribution in [3.63, 3.8) is 0 Å². The van der Waals surface area contributed by atoms with E-state index in [1.54, 1.807) is 0 Å². The highest BCUT2D eigenvalue weighted by Gasteiger charge is 2.30. The van der Waals surface area contributed by atoms with E-state index in [1.165, 1.54) is 0 Å². The minimum absolute atomic E-state index is 0. The molecule has 0 radical (unpaired) electrons. The zero-order chi connectivity index (χ0) is 7.07. The van der Waals surface area contributed by atoms with Crippen LogP contribution in [0.2, 0.25) is 0 Å². The number of hydrogen-bond donors (Lipinski definition) is 1. The van der Waals surface area contributed by atoms with Gasteiger partial charge in [-0.3, -0.25) is 4.79 Å². The second kappa shape index (κ2) is 1.59. The molecule has 0 aromatic heterocycles. The lowest BCUT2D eigenvalue weighted by Crippen LogP contribution is -2.34. The highest BCUT2D eigenvalue weighted by Crippen LogP contribution is 2.21. The number of amides is 1. The predicted octanol–water partition coefficient (Wildman–Crippen LogP) is 1.09. The summed E-state index contributed by atoms with van der Waals surface area (Å²) >= 11 is 0. The van der Waals surface area contributed by atoms with Crippen LogP contribution < -0.4 is 5.32 Å². The zero-order valence-electron chi connectivity index (χ0n) is 5.82. The Hall–Kier alpha value is -0.790. The van der Waals surface area contributed by atoms with Crippen molar-refractivity contribution in [3.05, 3.63) is 12.2 Å². The highest BCUT2D eigenvalue weighted by molar-refractivity contribution is 5.96. The monoisotopic (exact) mass is 127 g/mol. The predicted molar refractivity (Wildman–Crippen MR) is 38.1 cm³/mol. The van der Waals surface area contributed by atoms with Crippen molar-refractivity contribution in [1.29, 1.82) is 0 Å². The molecule has 9 heavy (non-hydrogen) atoms. The fourth-order valence-corrected chi connectivity index (χ4v) is 1.05. The van der Waals surface area contributed by atoms with Gasteiger partial charge in [0.15, 0.2) is 0 Å². The van der Waals surface area contributed by atoms with Crippen LogP contribution in [-0.4, -0.2) is 11.4 Å². The minimum atomic E-state index is -0.0613. The molecule has 0 saturated carbocycles. The Bertz CT molecular complexity index is 156. The van der Waals surface area contributed by atoms with E-state index >= 15 is 0 Å². The van der Waals surface area contributed by atoms with Crippen molar-refractivity contribution >= 4 is 5.91 Å². The highest BCUT2D eigenvalue weighted by atomic mass is 16.2. The maximum Gasteiger partial charge on any atom is 0.247 e. The summed E-state index contributed by atoms with van der Waals surface area (Å²) in [6, 6.07) is 0. The molecule has 2 nitrogen and oxygen atoms in total. The molecule has 0 spiro atoms. The quantitative estimate of drug-likeness (QED) is 0.485. The summed E-state index contributed by atoms with van der Waals surface area (Å²) in [6.45, 7) is 7.60. The fourth-order valence-electron chi connectivity index (χ4n) is 1.05. The van der Waals surface area contributed by atoms with Crippen molar-refractivity contribution in [2.24, 2.45) is 0 Å². The molecule has 1 aliphatic heterocycles. The number of carbonyl (C=O) groups excluding carboxylic acids is 1. The van der Waals surface area contributed by atoms with Crippen LogP contribution >= 0.6 is 0 Å². The lowest BCUT2D eigenvalue weighted by Gasteiger charge is -2.14. The summed E-state index contributed by atoms with van der Waals surface area (Å²) in [5.41, 5.74) is 0.633. The standard InChI is InChI=1S/C7H11NO.H2/c1-5-4-7(2,3)8-6(5)9;/h1,4H2,2-3H3,(H,8,9);1H. The van der Waals surface area contributed by atoms with Gasteiger partial charge in [-0.25, -0.2) is 0 Å². The third-order valence-corrected chi connectivity index (χ3v) is 1.43. The molecule has 0 bridgehead atoms. The molecular formula is C7H13NO.